The summed E-state index contributed by atoms with van der Waals surface area (Å²) >= 11 is 0. The van der Waals surface area contributed by atoms with Crippen molar-refractivity contribution in [1.82, 2.24) is 9.78 Å². The van der Waals surface area contributed by atoms with E-state index in [0.717, 1.165) is 22.4 Å². The Morgan fingerprint density at radius 1 is 1.12 bits per heavy atom. The maximum Gasteiger partial charge on any atom is 0.196 e. The van der Waals surface area contributed by atoms with Gasteiger partial charge in [0.15, 0.2) is 5.78 Å². The highest BCUT2D eigenvalue weighted by Crippen LogP contribution is 2.16. The summed E-state index contributed by atoms with van der Waals surface area (Å²) in [6.45, 7) is 5.91. The van der Waals surface area contributed by atoms with Gasteiger partial charge in [0.25, 0.3) is 0 Å². The van der Waals surface area contributed by atoms with Crippen LogP contribution >= 0.6 is 0 Å². The van der Waals surface area contributed by atoms with Gasteiger partial charge in [0.05, 0.1) is 11.8 Å². The average Bonchev–Trinajstić information content (AvgIpc) is 2.57. The predicted molar refractivity (Wildman–Crippen MR) is 67.3 cm³/mol. The Bertz CT molecular complexity index is 562. The number of carbonyl (C=O) groups excluding carboxylic acids is 1. The summed E-state index contributed by atoms with van der Waals surface area (Å²) in [6, 6.07) is 5.90. The van der Waals surface area contributed by atoms with Gasteiger partial charge in [0.2, 0.25) is 0 Å². The van der Waals surface area contributed by atoms with Gasteiger partial charge in [-0.3, -0.25) is 9.48 Å². The van der Waals surface area contributed by atoms with Crippen molar-refractivity contribution in [3.63, 3.8) is 0 Å². The molecule has 0 amide bonds. The highest BCUT2D eigenvalue weighted by atomic mass is 16.1. The third-order valence-corrected chi connectivity index (χ3v) is 2.96. The molecule has 0 bridgehead atoms. The number of rotatable bonds is 2. The summed E-state index contributed by atoms with van der Waals surface area (Å²) in [4.78, 5) is 12.3. The van der Waals surface area contributed by atoms with Gasteiger partial charge >= 0.3 is 0 Å². The van der Waals surface area contributed by atoms with Gasteiger partial charge < -0.3 is 0 Å². The van der Waals surface area contributed by atoms with Crippen LogP contribution in [0.4, 0.5) is 0 Å². The Morgan fingerprint density at radius 2 is 1.71 bits per heavy atom. The quantitative estimate of drug-likeness (QED) is 0.740. The summed E-state index contributed by atoms with van der Waals surface area (Å²) in [5.74, 6) is 0.0439. The fourth-order valence-electron chi connectivity index (χ4n) is 1.98. The Labute approximate surface area is 101 Å². The molecular weight excluding hydrogens is 212 g/mol. The number of benzene rings is 1. The van der Waals surface area contributed by atoms with Gasteiger partial charge in [0, 0.05) is 18.3 Å². The van der Waals surface area contributed by atoms with Crippen LogP contribution < -0.4 is 0 Å². The first-order valence-corrected chi connectivity index (χ1v) is 5.60. The number of aromatic nitrogens is 2. The molecule has 0 saturated heterocycles. The van der Waals surface area contributed by atoms with E-state index in [9.17, 15) is 4.79 Å². The van der Waals surface area contributed by atoms with Gasteiger partial charge in [-0.25, -0.2) is 0 Å². The second-order valence-corrected chi connectivity index (χ2v) is 4.47. The second kappa shape index (κ2) is 4.17. The van der Waals surface area contributed by atoms with Crippen LogP contribution in [-0.4, -0.2) is 15.6 Å². The lowest BCUT2D eigenvalue weighted by molar-refractivity contribution is 0.103. The molecule has 0 saturated carbocycles. The summed E-state index contributed by atoms with van der Waals surface area (Å²) in [6.07, 6.45) is 1.63. The Morgan fingerprint density at radius 3 is 2.18 bits per heavy atom. The molecule has 17 heavy (non-hydrogen) atoms. The molecule has 1 aromatic carbocycles. The van der Waals surface area contributed by atoms with Crippen LogP contribution in [0.5, 0.6) is 0 Å². The first-order chi connectivity index (χ1) is 7.99. The van der Waals surface area contributed by atoms with Crippen LogP contribution in [0.15, 0.2) is 24.4 Å². The van der Waals surface area contributed by atoms with Gasteiger partial charge in [-0.15, -0.1) is 0 Å². The van der Waals surface area contributed by atoms with Crippen molar-refractivity contribution >= 4 is 5.78 Å². The summed E-state index contributed by atoms with van der Waals surface area (Å²) in [7, 11) is 1.84. The average molecular weight is 228 g/mol. The summed E-state index contributed by atoms with van der Waals surface area (Å²) in [5.41, 5.74) is 4.52. The Balaban J connectivity index is 2.47. The molecule has 0 aliphatic carbocycles. The number of aryl methyl sites for hydroxylation is 3. The maximum atomic E-state index is 12.3. The molecule has 88 valence electrons. The topological polar surface area (TPSA) is 34.9 Å². The lowest BCUT2D eigenvalue weighted by Crippen LogP contribution is -2.04. The number of carbonyl (C=O) groups is 1. The highest BCUT2D eigenvalue weighted by molar-refractivity contribution is 6.09. The van der Waals surface area contributed by atoms with E-state index >= 15 is 0 Å². The van der Waals surface area contributed by atoms with E-state index in [1.165, 1.54) is 0 Å². The zero-order chi connectivity index (χ0) is 12.6. The van der Waals surface area contributed by atoms with Gasteiger partial charge in [-0.1, -0.05) is 17.2 Å². The molecule has 3 nitrogen and oxygen atoms in total. The molecule has 0 fully saturated rings. The number of hydrogen-bond acceptors (Lipinski definition) is 2. The molecule has 0 radical (unpaired) electrons. The second-order valence-electron chi connectivity index (χ2n) is 4.47. The maximum absolute atomic E-state index is 12.3. The van der Waals surface area contributed by atoms with Gasteiger partial charge in [-0.05, 0) is 32.9 Å². The van der Waals surface area contributed by atoms with E-state index in [4.69, 9.17) is 0 Å². The SMILES string of the molecule is Cc1cc(C)cc(C(=O)c2cnn(C)c2C)c1. The number of hydrogen-bond donors (Lipinski definition) is 0. The molecule has 1 aromatic heterocycles. The predicted octanol–water partition coefficient (Wildman–Crippen LogP) is 2.58. The van der Waals surface area contributed by atoms with Crippen molar-refractivity contribution in [1.29, 1.82) is 0 Å². The van der Waals surface area contributed by atoms with Crippen molar-refractivity contribution < 1.29 is 4.79 Å². The number of ketones is 1. The van der Waals surface area contributed by atoms with Crippen LogP contribution in [0.3, 0.4) is 0 Å². The standard InChI is InChI=1S/C14H16N2O/c1-9-5-10(2)7-12(6-9)14(17)13-8-15-16(4)11(13)3/h5-8H,1-4H3. The summed E-state index contributed by atoms with van der Waals surface area (Å²) in [5, 5.41) is 4.10. The monoisotopic (exact) mass is 228 g/mol. The molecule has 0 unspecified atom stereocenters. The Kier molecular flexibility index (Phi) is 2.84. The molecule has 0 aliphatic heterocycles. The minimum absolute atomic E-state index is 0.0439. The van der Waals surface area contributed by atoms with E-state index < -0.39 is 0 Å². The lowest BCUT2D eigenvalue weighted by atomic mass is 10.00. The van der Waals surface area contributed by atoms with Gasteiger partial charge in [0.1, 0.15) is 0 Å². The molecule has 3 heteroatoms. The molecule has 1 heterocycles. The third kappa shape index (κ3) is 2.13. The van der Waals surface area contributed by atoms with E-state index in [0.29, 0.717) is 5.56 Å². The molecule has 0 aliphatic rings. The normalized spacial score (nSPS) is 10.6. The number of nitrogens with zero attached hydrogens (tertiary/aromatic N) is 2. The van der Waals surface area contributed by atoms with E-state index in [2.05, 4.69) is 11.2 Å². The molecule has 0 N–H and O–H groups in total. The van der Waals surface area contributed by atoms with E-state index in [1.54, 1.807) is 10.9 Å². The first kappa shape index (κ1) is 11.6. The van der Waals surface area contributed by atoms with Crippen molar-refractivity contribution in [2.75, 3.05) is 0 Å². The Hall–Kier alpha value is -1.90. The first-order valence-electron chi connectivity index (χ1n) is 5.60. The molecule has 0 spiro atoms. The van der Waals surface area contributed by atoms with Gasteiger partial charge in [-0.2, -0.15) is 5.10 Å². The molecule has 2 aromatic rings. The van der Waals surface area contributed by atoms with Crippen LogP contribution in [0.1, 0.15) is 32.7 Å². The minimum Gasteiger partial charge on any atom is -0.288 e. The molecule has 0 atom stereocenters. The van der Waals surface area contributed by atoms with E-state index in [1.807, 2.05) is 40.0 Å². The highest BCUT2D eigenvalue weighted by Gasteiger charge is 2.15. The lowest BCUT2D eigenvalue weighted by Gasteiger charge is -2.04. The minimum atomic E-state index is 0.0439. The fraction of sp³-hybridized carbons (Fsp3) is 0.286. The fourth-order valence-corrected chi connectivity index (χ4v) is 1.98. The zero-order valence-corrected chi connectivity index (χ0v) is 10.6. The smallest absolute Gasteiger partial charge is 0.196 e. The molecular formula is C14H16N2O. The third-order valence-electron chi connectivity index (χ3n) is 2.96. The zero-order valence-electron chi connectivity index (χ0n) is 10.6. The largest absolute Gasteiger partial charge is 0.288 e. The van der Waals surface area contributed by atoms with E-state index in [-0.39, 0.29) is 5.78 Å². The van der Waals surface area contributed by atoms with Crippen molar-refractivity contribution in [3.05, 3.63) is 52.3 Å². The van der Waals surface area contributed by atoms with Crippen LogP contribution in [0.25, 0.3) is 0 Å². The van der Waals surface area contributed by atoms with Crippen LogP contribution in [0, 0.1) is 20.8 Å². The van der Waals surface area contributed by atoms with Crippen molar-refractivity contribution in [2.45, 2.75) is 20.8 Å². The van der Waals surface area contributed by atoms with Crippen molar-refractivity contribution in [2.24, 2.45) is 7.05 Å². The van der Waals surface area contributed by atoms with Crippen LogP contribution in [-0.2, 0) is 7.05 Å². The molecule has 2 rings (SSSR count). The summed E-state index contributed by atoms with van der Waals surface area (Å²) < 4.78 is 1.72. The van der Waals surface area contributed by atoms with Crippen molar-refractivity contribution in [3.8, 4) is 0 Å². The van der Waals surface area contributed by atoms with Crippen LogP contribution in [0.2, 0.25) is 0 Å².